The first-order valence-corrected chi connectivity index (χ1v) is 8.43. The molecule has 1 aliphatic heterocycles. The van der Waals surface area contributed by atoms with E-state index in [1.165, 1.54) is 18.4 Å². The second kappa shape index (κ2) is 7.08. The van der Waals surface area contributed by atoms with Gasteiger partial charge in [0.25, 0.3) is 0 Å². The molecule has 2 aromatic rings. The summed E-state index contributed by atoms with van der Waals surface area (Å²) in [6.45, 7) is 9.35. The van der Waals surface area contributed by atoms with Crippen molar-refractivity contribution in [3.8, 4) is 0 Å². The largest absolute Gasteiger partial charge is 0.341 e. The minimum absolute atomic E-state index is 0.300. The number of hydrogen-bond acceptors (Lipinski definition) is 5. The number of nitrogens with zero attached hydrogens (tertiary/aromatic N) is 5. The average Bonchev–Trinajstić information content (AvgIpc) is 3.24. The van der Waals surface area contributed by atoms with Crippen molar-refractivity contribution in [2.75, 3.05) is 18.0 Å². The minimum Gasteiger partial charge on any atom is -0.341 e. The van der Waals surface area contributed by atoms with Gasteiger partial charge in [0, 0.05) is 49.8 Å². The van der Waals surface area contributed by atoms with E-state index in [0.717, 1.165) is 31.1 Å². The van der Waals surface area contributed by atoms with Gasteiger partial charge in [0.2, 0.25) is 5.95 Å². The highest BCUT2D eigenvalue weighted by Gasteiger charge is 2.16. The summed E-state index contributed by atoms with van der Waals surface area (Å²) in [5.74, 6) is 0.861. The van der Waals surface area contributed by atoms with Gasteiger partial charge in [-0.15, -0.1) is 0 Å². The number of hydrogen-bond donors (Lipinski definition) is 1. The Bertz CT molecular complexity index is 614. The van der Waals surface area contributed by atoms with Gasteiger partial charge >= 0.3 is 0 Å². The Morgan fingerprint density at radius 1 is 1.13 bits per heavy atom. The first-order valence-electron chi connectivity index (χ1n) is 8.43. The van der Waals surface area contributed by atoms with Crippen molar-refractivity contribution in [2.24, 2.45) is 0 Å². The van der Waals surface area contributed by atoms with Gasteiger partial charge in [0.05, 0.1) is 12.2 Å². The van der Waals surface area contributed by atoms with Gasteiger partial charge in [-0.3, -0.25) is 4.68 Å². The minimum atomic E-state index is 0.300. The number of aromatic nitrogens is 4. The van der Waals surface area contributed by atoms with E-state index in [1.807, 2.05) is 23.3 Å². The Hall–Kier alpha value is -1.95. The summed E-state index contributed by atoms with van der Waals surface area (Å²) in [5.41, 5.74) is 2.30. The lowest BCUT2D eigenvalue weighted by molar-refractivity contribution is 0.364. The molecule has 2 atom stereocenters. The molecular formula is C17H26N6. The van der Waals surface area contributed by atoms with Crippen LogP contribution in [-0.4, -0.2) is 38.9 Å². The molecule has 124 valence electrons. The average molecular weight is 314 g/mol. The molecule has 6 heteroatoms. The zero-order valence-electron chi connectivity index (χ0n) is 14.2. The SMILES string of the molecule is Cc1cnn([C@@H](C)[C@@H](C)NCc2cnc(N3CCCC3)nc2)c1. The van der Waals surface area contributed by atoms with Gasteiger partial charge in [-0.1, -0.05) is 0 Å². The molecule has 0 saturated carbocycles. The summed E-state index contributed by atoms with van der Waals surface area (Å²) in [5, 5.41) is 7.93. The maximum atomic E-state index is 4.50. The second-order valence-corrected chi connectivity index (χ2v) is 6.49. The summed E-state index contributed by atoms with van der Waals surface area (Å²) in [6, 6.07) is 0.612. The van der Waals surface area contributed by atoms with Crippen molar-refractivity contribution >= 4 is 5.95 Å². The fourth-order valence-corrected chi connectivity index (χ4v) is 2.85. The van der Waals surface area contributed by atoms with Crippen LogP contribution >= 0.6 is 0 Å². The third-order valence-electron chi connectivity index (χ3n) is 4.58. The summed E-state index contributed by atoms with van der Waals surface area (Å²) in [7, 11) is 0. The maximum Gasteiger partial charge on any atom is 0.225 e. The Balaban J connectivity index is 1.53. The summed E-state index contributed by atoms with van der Waals surface area (Å²) >= 11 is 0. The molecule has 0 aliphatic carbocycles. The van der Waals surface area contributed by atoms with E-state index in [9.17, 15) is 0 Å². The number of anilines is 1. The van der Waals surface area contributed by atoms with E-state index in [-0.39, 0.29) is 0 Å². The van der Waals surface area contributed by atoms with Crippen LogP contribution in [0.15, 0.2) is 24.8 Å². The third kappa shape index (κ3) is 3.88. The van der Waals surface area contributed by atoms with Gasteiger partial charge in [-0.2, -0.15) is 5.10 Å². The number of nitrogens with one attached hydrogen (secondary N) is 1. The van der Waals surface area contributed by atoms with Crippen molar-refractivity contribution in [1.29, 1.82) is 0 Å². The molecule has 0 radical (unpaired) electrons. The van der Waals surface area contributed by atoms with Crippen LogP contribution in [0.1, 0.15) is 43.9 Å². The van der Waals surface area contributed by atoms with Gasteiger partial charge in [0.15, 0.2) is 0 Å². The van der Waals surface area contributed by atoms with E-state index in [0.29, 0.717) is 12.1 Å². The first-order chi connectivity index (χ1) is 11.1. The van der Waals surface area contributed by atoms with Crippen LogP contribution in [0.3, 0.4) is 0 Å². The van der Waals surface area contributed by atoms with E-state index in [1.54, 1.807) is 0 Å². The van der Waals surface area contributed by atoms with Crippen LogP contribution in [0.25, 0.3) is 0 Å². The Kier molecular flexibility index (Phi) is 4.91. The van der Waals surface area contributed by atoms with E-state index >= 15 is 0 Å². The third-order valence-corrected chi connectivity index (χ3v) is 4.58. The fourth-order valence-electron chi connectivity index (χ4n) is 2.85. The fraction of sp³-hybridized carbons (Fsp3) is 0.588. The zero-order valence-corrected chi connectivity index (χ0v) is 14.2. The van der Waals surface area contributed by atoms with Crippen molar-refractivity contribution in [3.05, 3.63) is 35.9 Å². The number of rotatable bonds is 6. The molecular weight excluding hydrogens is 288 g/mol. The molecule has 0 unspecified atom stereocenters. The second-order valence-electron chi connectivity index (χ2n) is 6.49. The Morgan fingerprint density at radius 3 is 2.43 bits per heavy atom. The van der Waals surface area contributed by atoms with Crippen LogP contribution in [-0.2, 0) is 6.54 Å². The normalized spacial score (nSPS) is 17.4. The molecule has 0 spiro atoms. The predicted molar refractivity (Wildman–Crippen MR) is 91.5 cm³/mol. The molecule has 0 bridgehead atoms. The monoisotopic (exact) mass is 314 g/mol. The molecule has 1 aliphatic rings. The van der Waals surface area contributed by atoms with E-state index in [4.69, 9.17) is 0 Å². The highest BCUT2D eigenvalue weighted by Crippen LogP contribution is 2.15. The number of aryl methyl sites for hydroxylation is 1. The summed E-state index contributed by atoms with van der Waals surface area (Å²) in [4.78, 5) is 11.3. The summed E-state index contributed by atoms with van der Waals surface area (Å²) in [6.07, 6.45) is 10.3. The molecule has 0 aromatic carbocycles. The maximum absolute atomic E-state index is 4.50. The molecule has 6 nitrogen and oxygen atoms in total. The van der Waals surface area contributed by atoms with Crippen LogP contribution in [0.5, 0.6) is 0 Å². The van der Waals surface area contributed by atoms with Gasteiger partial charge in [-0.25, -0.2) is 9.97 Å². The lowest BCUT2D eigenvalue weighted by atomic mass is 10.1. The molecule has 3 heterocycles. The Labute approximate surface area is 137 Å². The lowest BCUT2D eigenvalue weighted by Crippen LogP contribution is -2.33. The zero-order chi connectivity index (χ0) is 16.2. The molecule has 1 N–H and O–H groups in total. The van der Waals surface area contributed by atoms with E-state index in [2.05, 4.69) is 52.3 Å². The molecule has 23 heavy (non-hydrogen) atoms. The van der Waals surface area contributed by atoms with Crippen molar-refractivity contribution in [3.63, 3.8) is 0 Å². The Morgan fingerprint density at radius 2 is 1.83 bits per heavy atom. The van der Waals surface area contributed by atoms with E-state index < -0.39 is 0 Å². The highest BCUT2D eigenvalue weighted by atomic mass is 15.3. The van der Waals surface area contributed by atoms with Crippen molar-refractivity contribution in [1.82, 2.24) is 25.1 Å². The topological polar surface area (TPSA) is 58.9 Å². The molecule has 3 rings (SSSR count). The van der Waals surface area contributed by atoms with Gasteiger partial charge in [-0.05, 0) is 39.2 Å². The quantitative estimate of drug-likeness (QED) is 0.887. The standard InChI is InChI=1S/C17H26N6/c1-13-8-21-23(12-13)15(3)14(2)18-9-16-10-19-17(20-11-16)22-6-4-5-7-22/h8,10-12,14-15,18H,4-7,9H2,1-3H3/t14-,15+/m1/s1. The van der Waals surface area contributed by atoms with Crippen LogP contribution in [0.2, 0.25) is 0 Å². The van der Waals surface area contributed by atoms with Crippen LogP contribution in [0, 0.1) is 6.92 Å². The molecule has 1 fully saturated rings. The smallest absolute Gasteiger partial charge is 0.225 e. The summed E-state index contributed by atoms with van der Waals surface area (Å²) < 4.78 is 2.01. The molecule has 2 aromatic heterocycles. The predicted octanol–water partition coefficient (Wildman–Crippen LogP) is 2.32. The van der Waals surface area contributed by atoms with Gasteiger partial charge in [0.1, 0.15) is 0 Å². The van der Waals surface area contributed by atoms with Crippen LogP contribution in [0.4, 0.5) is 5.95 Å². The van der Waals surface area contributed by atoms with Crippen LogP contribution < -0.4 is 10.2 Å². The van der Waals surface area contributed by atoms with Crippen molar-refractivity contribution < 1.29 is 0 Å². The van der Waals surface area contributed by atoms with Crippen molar-refractivity contribution in [2.45, 2.75) is 52.2 Å². The lowest BCUT2D eigenvalue weighted by Gasteiger charge is -2.22. The molecule has 1 saturated heterocycles. The highest BCUT2D eigenvalue weighted by molar-refractivity contribution is 5.30. The van der Waals surface area contributed by atoms with Gasteiger partial charge < -0.3 is 10.2 Å². The molecule has 0 amide bonds. The first kappa shape index (κ1) is 15.9.